The van der Waals surface area contributed by atoms with Gasteiger partial charge in [0.1, 0.15) is 0 Å². The molecule has 1 amide bonds. The van der Waals surface area contributed by atoms with Gasteiger partial charge in [-0.15, -0.1) is 0 Å². The monoisotopic (exact) mass is 287 g/mol. The van der Waals surface area contributed by atoms with Crippen molar-refractivity contribution >= 4 is 17.3 Å². The first kappa shape index (κ1) is 15.5. The molecule has 0 aromatic carbocycles. The van der Waals surface area contributed by atoms with Crippen molar-refractivity contribution in [2.45, 2.75) is 40.5 Å². The summed E-state index contributed by atoms with van der Waals surface area (Å²) in [6.45, 7) is 12.7. The van der Waals surface area contributed by atoms with Crippen LogP contribution in [0, 0.1) is 18.3 Å². The van der Waals surface area contributed by atoms with Gasteiger partial charge in [0.25, 0.3) is 5.91 Å². The van der Waals surface area contributed by atoms with Gasteiger partial charge >= 0.3 is 0 Å². The maximum Gasteiger partial charge on any atom is 0.255 e. The van der Waals surface area contributed by atoms with Gasteiger partial charge in [-0.3, -0.25) is 9.79 Å². The minimum absolute atomic E-state index is 0.0603. The summed E-state index contributed by atoms with van der Waals surface area (Å²) in [6.07, 6.45) is 5.88. The van der Waals surface area contributed by atoms with E-state index in [-0.39, 0.29) is 11.3 Å². The van der Waals surface area contributed by atoms with Gasteiger partial charge in [0, 0.05) is 30.1 Å². The standard InChI is InChI=1S/C17H25N3O/c1-6-14(12-7-8-12)20-15-11(2)18-9-13(15)16(21)19-10-17(3,4)5/h6,9,12,18H,1,7-8,10H2,2-5H3,(H,19,21). The molecule has 1 fully saturated rings. The van der Waals surface area contributed by atoms with Gasteiger partial charge in [-0.2, -0.15) is 0 Å². The molecule has 1 aromatic rings. The molecular weight excluding hydrogens is 262 g/mol. The lowest BCUT2D eigenvalue weighted by atomic mass is 9.97. The first-order chi connectivity index (χ1) is 9.81. The Balaban J connectivity index is 2.21. The number of H-pyrrole nitrogens is 1. The second-order valence-electron chi connectivity index (χ2n) is 6.93. The average Bonchev–Trinajstić information content (AvgIpc) is 3.18. The molecule has 114 valence electrons. The van der Waals surface area contributed by atoms with Crippen molar-refractivity contribution in [3.05, 3.63) is 30.1 Å². The maximum absolute atomic E-state index is 12.4. The van der Waals surface area contributed by atoms with Crippen molar-refractivity contribution < 1.29 is 4.79 Å². The third-order valence-corrected chi connectivity index (χ3v) is 3.51. The molecule has 1 aliphatic carbocycles. The Morgan fingerprint density at radius 2 is 2.19 bits per heavy atom. The summed E-state index contributed by atoms with van der Waals surface area (Å²) in [4.78, 5) is 20.1. The molecule has 21 heavy (non-hydrogen) atoms. The SMILES string of the molecule is C=CC(=Nc1c(C(=O)NCC(C)(C)C)c[nH]c1C)C1CC1. The second-order valence-corrected chi connectivity index (χ2v) is 6.93. The molecule has 2 rings (SSSR count). The number of aromatic nitrogens is 1. The molecule has 0 atom stereocenters. The zero-order valence-corrected chi connectivity index (χ0v) is 13.4. The summed E-state index contributed by atoms with van der Waals surface area (Å²) in [5.74, 6) is 0.439. The highest BCUT2D eigenvalue weighted by atomic mass is 16.1. The van der Waals surface area contributed by atoms with E-state index in [9.17, 15) is 4.79 Å². The Kier molecular flexibility index (Phi) is 4.35. The lowest BCUT2D eigenvalue weighted by molar-refractivity contribution is 0.0940. The Morgan fingerprint density at radius 1 is 1.52 bits per heavy atom. The lowest BCUT2D eigenvalue weighted by Gasteiger charge is -2.18. The van der Waals surface area contributed by atoms with E-state index in [1.54, 1.807) is 12.3 Å². The average molecular weight is 287 g/mol. The molecule has 0 bridgehead atoms. The van der Waals surface area contributed by atoms with Crippen molar-refractivity contribution in [3.8, 4) is 0 Å². The Bertz CT molecular complexity index is 571. The van der Waals surface area contributed by atoms with Gasteiger partial charge in [0.2, 0.25) is 0 Å². The third kappa shape index (κ3) is 4.06. The number of aliphatic imine (C=N–C) groups is 1. The van der Waals surface area contributed by atoms with E-state index in [2.05, 4.69) is 42.6 Å². The summed E-state index contributed by atoms with van der Waals surface area (Å²) < 4.78 is 0. The Hall–Kier alpha value is -1.84. The fourth-order valence-electron chi connectivity index (χ4n) is 2.09. The van der Waals surface area contributed by atoms with Crippen LogP contribution in [0.25, 0.3) is 0 Å². The highest BCUT2D eigenvalue weighted by Crippen LogP contribution is 2.34. The molecule has 0 saturated heterocycles. The smallest absolute Gasteiger partial charge is 0.255 e. The number of amides is 1. The highest BCUT2D eigenvalue weighted by Gasteiger charge is 2.26. The molecule has 0 aliphatic heterocycles. The van der Waals surface area contributed by atoms with Crippen molar-refractivity contribution in [2.24, 2.45) is 16.3 Å². The number of carbonyl (C=O) groups excluding carboxylic acids is 1. The number of carbonyl (C=O) groups is 1. The minimum atomic E-state index is -0.0766. The van der Waals surface area contributed by atoms with Crippen LogP contribution in [0.15, 0.2) is 23.8 Å². The van der Waals surface area contributed by atoms with E-state index >= 15 is 0 Å². The summed E-state index contributed by atoms with van der Waals surface area (Å²) in [5.41, 5.74) is 3.31. The molecular formula is C17H25N3O. The summed E-state index contributed by atoms with van der Waals surface area (Å²) >= 11 is 0. The Morgan fingerprint density at radius 3 is 2.71 bits per heavy atom. The van der Waals surface area contributed by atoms with Gasteiger partial charge in [0.05, 0.1) is 11.3 Å². The van der Waals surface area contributed by atoms with Crippen LogP contribution in [0.2, 0.25) is 0 Å². The van der Waals surface area contributed by atoms with Crippen LogP contribution in [-0.4, -0.2) is 23.1 Å². The van der Waals surface area contributed by atoms with Crippen LogP contribution in [-0.2, 0) is 0 Å². The second kappa shape index (κ2) is 5.88. The summed E-state index contributed by atoms with van der Waals surface area (Å²) in [5, 5.41) is 2.97. The van der Waals surface area contributed by atoms with Crippen LogP contribution in [0.1, 0.15) is 49.7 Å². The molecule has 1 heterocycles. The van der Waals surface area contributed by atoms with Gasteiger partial charge < -0.3 is 10.3 Å². The first-order valence-electron chi connectivity index (χ1n) is 7.49. The lowest BCUT2D eigenvalue weighted by Crippen LogP contribution is -2.32. The molecule has 2 N–H and O–H groups in total. The first-order valence-corrected chi connectivity index (χ1v) is 7.49. The number of aromatic amines is 1. The quantitative estimate of drug-likeness (QED) is 0.796. The summed E-state index contributed by atoms with van der Waals surface area (Å²) in [7, 11) is 0. The predicted molar refractivity (Wildman–Crippen MR) is 87.3 cm³/mol. The summed E-state index contributed by atoms with van der Waals surface area (Å²) in [6, 6.07) is 0. The fraction of sp³-hybridized carbons (Fsp3) is 0.529. The van der Waals surface area contributed by atoms with E-state index in [4.69, 9.17) is 0 Å². The van der Waals surface area contributed by atoms with Crippen molar-refractivity contribution in [1.82, 2.24) is 10.3 Å². The van der Waals surface area contributed by atoms with Gasteiger partial charge in [-0.25, -0.2) is 0 Å². The normalized spacial score (nSPS) is 15.9. The fourth-order valence-corrected chi connectivity index (χ4v) is 2.09. The van der Waals surface area contributed by atoms with Gasteiger partial charge in [-0.05, 0) is 31.3 Å². The van der Waals surface area contributed by atoms with Crippen molar-refractivity contribution in [2.75, 3.05) is 6.54 Å². The largest absolute Gasteiger partial charge is 0.363 e. The number of hydrogen-bond donors (Lipinski definition) is 2. The highest BCUT2D eigenvalue weighted by molar-refractivity contribution is 6.04. The number of aryl methyl sites for hydroxylation is 1. The number of nitrogens with one attached hydrogen (secondary N) is 2. The van der Waals surface area contributed by atoms with E-state index in [1.807, 2.05) is 6.92 Å². The number of hydrogen-bond acceptors (Lipinski definition) is 2. The number of nitrogens with zero attached hydrogens (tertiary/aromatic N) is 1. The molecule has 1 aliphatic rings. The van der Waals surface area contributed by atoms with Crippen molar-refractivity contribution in [1.29, 1.82) is 0 Å². The molecule has 0 unspecified atom stereocenters. The minimum Gasteiger partial charge on any atom is -0.363 e. The van der Waals surface area contributed by atoms with Gasteiger partial charge in [0.15, 0.2) is 0 Å². The van der Waals surface area contributed by atoms with Crippen LogP contribution in [0.3, 0.4) is 0 Å². The van der Waals surface area contributed by atoms with E-state index in [1.165, 1.54) is 12.8 Å². The van der Waals surface area contributed by atoms with Gasteiger partial charge in [-0.1, -0.05) is 27.4 Å². The third-order valence-electron chi connectivity index (χ3n) is 3.51. The zero-order valence-electron chi connectivity index (χ0n) is 13.4. The molecule has 1 aromatic heterocycles. The topological polar surface area (TPSA) is 57.2 Å². The molecule has 0 radical (unpaired) electrons. The molecule has 4 heteroatoms. The Labute approximate surface area is 126 Å². The predicted octanol–water partition coefficient (Wildman–Crippen LogP) is 3.77. The molecule has 4 nitrogen and oxygen atoms in total. The molecule has 1 saturated carbocycles. The van der Waals surface area contributed by atoms with Crippen molar-refractivity contribution in [3.63, 3.8) is 0 Å². The van der Waals surface area contributed by atoms with E-state index < -0.39 is 0 Å². The van der Waals surface area contributed by atoms with E-state index in [0.29, 0.717) is 18.0 Å². The number of rotatable bonds is 5. The van der Waals surface area contributed by atoms with E-state index in [0.717, 1.165) is 17.1 Å². The maximum atomic E-state index is 12.4. The van der Waals surface area contributed by atoms with Crippen LogP contribution >= 0.6 is 0 Å². The zero-order chi connectivity index (χ0) is 15.6. The van der Waals surface area contributed by atoms with Crippen LogP contribution in [0.5, 0.6) is 0 Å². The van der Waals surface area contributed by atoms with Crippen LogP contribution < -0.4 is 5.32 Å². The van der Waals surface area contributed by atoms with Crippen LogP contribution in [0.4, 0.5) is 5.69 Å². The molecule has 0 spiro atoms. The number of allylic oxidation sites excluding steroid dienone is 1.